The van der Waals surface area contributed by atoms with Gasteiger partial charge in [-0.3, -0.25) is 0 Å². The number of hydrogen-bond donors (Lipinski definition) is 1. The molecule has 1 heterocycles. The van der Waals surface area contributed by atoms with Crippen molar-refractivity contribution < 1.29 is 24.1 Å². The maximum atomic E-state index is 10.2. The summed E-state index contributed by atoms with van der Waals surface area (Å²) in [4.78, 5) is 0. The zero-order chi connectivity index (χ0) is 17.6. The first kappa shape index (κ1) is 15.9. The van der Waals surface area contributed by atoms with Crippen molar-refractivity contribution in [2.45, 2.75) is 31.6 Å². The Morgan fingerprint density at radius 3 is 2.12 bits per heavy atom. The van der Waals surface area contributed by atoms with Crippen LogP contribution in [0.25, 0.3) is 0 Å². The van der Waals surface area contributed by atoms with Gasteiger partial charge in [0.1, 0.15) is 0 Å². The fourth-order valence-electron chi connectivity index (χ4n) is 3.89. The van der Waals surface area contributed by atoms with E-state index in [1.165, 1.54) is 11.1 Å². The Morgan fingerprint density at radius 2 is 1.52 bits per heavy atom. The zero-order valence-electron chi connectivity index (χ0n) is 14.7. The number of aromatic hydroxyl groups is 1. The molecule has 0 bridgehead atoms. The highest BCUT2D eigenvalue weighted by atomic mass is 16.7. The fraction of sp³-hybridized carbons (Fsp3) is 0.400. The molecule has 132 valence electrons. The van der Waals surface area contributed by atoms with Crippen LogP contribution in [0.4, 0.5) is 0 Å². The van der Waals surface area contributed by atoms with Crippen molar-refractivity contribution in [1.82, 2.24) is 0 Å². The molecular formula is C20H22O5. The molecule has 1 aliphatic heterocycles. The lowest BCUT2D eigenvalue weighted by atomic mass is 9.74. The summed E-state index contributed by atoms with van der Waals surface area (Å²) in [6.07, 6.45) is 2.10. The highest BCUT2D eigenvalue weighted by molar-refractivity contribution is 5.58. The van der Waals surface area contributed by atoms with E-state index in [9.17, 15) is 5.11 Å². The topological polar surface area (TPSA) is 57.2 Å². The van der Waals surface area contributed by atoms with Gasteiger partial charge >= 0.3 is 0 Å². The van der Waals surface area contributed by atoms with Crippen molar-refractivity contribution >= 4 is 0 Å². The predicted octanol–water partition coefficient (Wildman–Crippen LogP) is 4.17. The maximum Gasteiger partial charge on any atom is 0.231 e. The van der Waals surface area contributed by atoms with Crippen LogP contribution in [0.2, 0.25) is 0 Å². The first-order chi connectivity index (χ1) is 12.1. The molecule has 25 heavy (non-hydrogen) atoms. The molecule has 5 heteroatoms. The van der Waals surface area contributed by atoms with Gasteiger partial charge in [0.05, 0.1) is 14.2 Å². The summed E-state index contributed by atoms with van der Waals surface area (Å²) in [5, 5.41) is 10.2. The molecular weight excluding hydrogens is 320 g/mol. The van der Waals surface area contributed by atoms with E-state index < -0.39 is 0 Å². The summed E-state index contributed by atoms with van der Waals surface area (Å²) in [5.41, 5.74) is 3.61. The summed E-state index contributed by atoms with van der Waals surface area (Å²) in [6, 6.07) is 8.01. The lowest BCUT2D eigenvalue weighted by molar-refractivity contribution is 0.174. The van der Waals surface area contributed by atoms with E-state index in [1.807, 2.05) is 12.1 Å². The van der Waals surface area contributed by atoms with Gasteiger partial charge in [-0.2, -0.15) is 0 Å². The molecule has 2 aromatic rings. The van der Waals surface area contributed by atoms with Gasteiger partial charge in [0, 0.05) is 5.92 Å². The number of ether oxygens (including phenoxy) is 4. The molecule has 2 aromatic carbocycles. The van der Waals surface area contributed by atoms with Gasteiger partial charge < -0.3 is 24.1 Å². The van der Waals surface area contributed by atoms with Gasteiger partial charge in [0.15, 0.2) is 23.0 Å². The molecule has 0 saturated heterocycles. The van der Waals surface area contributed by atoms with Crippen molar-refractivity contribution in [3.05, 3.63) is 41.0 Å². The van der Waals surface area contributed by atoms with Crippen molar-refractivity contribution in [2.75, 3.05) is 21.0 Å². The molecule has 1 aliphatic carbocycles. The monoisotopic (exact) mass is 342 g/mol. The number of fused-ring (bicyclic) bond motifs is 2. The Kier molecular flexibility index (Phi) is 3.86. The number of phenolic OH excluding ortho intramolecular Hbond substituents is 1. The minimum absolute atomic E-state index is 0.0313. The van der Waals surface area contributed by atoms with E-state index in [0.717, 1.165) is 29.9 Å². The molecule has 0 aromatic heterocycles. The van der Waals surface area contributed by atoms with Crippen molar-refractivity contribution in [1.29, 1.82) is 0 Å². The average molecular weight is 342 g/mol. The van der Waals surface area contributed by atoms with Crippen LogP contribution in [0.15, 0.2) is 24.3 Å². The van der Waals surface area contributed by atoms with E-state index >= 15 is 0 Å². The molecule has 5 nitrogen and oxygen atoms in total. The van der Waals surface area contributed by atoms with Gasteiger partial charge in [0.25, 0.3) is 0 Å². The molecule has 1 N–H and O–H groups in total. The molecule has 2 aliphatic rings. The van der Waals surface area contributed by atoms with Crippen LogP contribution in [0.1, 0.15) is 48.3 Å². The van der Waals surface area contributed by atoms with Crippen molar-refractivity contribution in [2.24, 2.45) is 0 Å². The Hall–Kier alpha value is -2.56. The summed E-state index contributed by atoms with van der Waals surface area (Å²) in [5.74, 6) is 3.18. The maximum absolute atomic E-state index is 10.2. The Labute approximate surface area is 147 Å². The molecule has 2 atom stereocenters. The largest absolute Gasteiger partial charge is 0.502 e. The normalized spacial score (nSPS) is 20.9. The van der Waals surface area contributed by atoms with Crippen LogP contribution < -0.4 is 18.9 Å². The first-order valence-electron chi connectivity index (χ1n) is 8.50. The second kappa shape index (κ2) is 6.06. The van der Waals surface area contributed by atoms with Gasteiger partial charge in [-0.1, -0.05) is 6.92 Å². The molecule has 0 spiro atoms. The van der Waals surface area contributed by atoms with E-state index in [4.69, 9.17) is 18.9 Å². The second-order valence-corrected chi connectivity index (χ2v) is 6.64. The predicted molar refractivity (Wildman–Crippen MR) is 93.3 cm³/mol. The summed E-state index contributed by atoms with van der Waals surface area (Å²) >= 11 is 0. The molecule has 0 amide bonds. The molecule has 4 rings (SSSR count). The highest BCUT2D eigenvalue weighted by Gasteiger charge is 2.30. The number of hydrogen-bond acceptors (Lipinski definition) is 5. The van der Waals surface area contributed by atoms with Crippen molar-refractivity contribution in [3.8, 4) is 28.7 Å². The molecule has 0 fully saturated rings. The minimum atomic E-state index is 0.0313. The smallest absolute Gasteiger partial charge is 0.231 e. The standard InChI is InChI=1S/C20H22O5/c1-11-4-5-13(12-6-18(22-2)20(21)19(7-12)23-3)15-9-17-16(8-14(11)15)24-10-25-17/h6-9,11,13,21H,4-5,10H2,1-3H3/t11-,13+/m0/s1. The summed E-state index contributed by atoms with van der Waals surface area (Å²) < 4.78 is 21.8. The van der Waals surface area contributed by atoms with E-state index in [2.05, 4.69) is 19.1 Å². The average Bonchev–Trinajstić information content (AvgIpc) is 3.08. The minimum Gasteiger partial charge on any atom is -0.502 e. The fourth-order valence-corrected chi connectivity index (χ4v) is 3.89. The first-order valence-corrected chi connectivity index (χ1v) is 8.50. The summed E-state index contributed by atoms with van der Waals surface area (Å²) in [7, 11) is 3.10. The lowest BCUT2D eigenvalue weighted by Gasteiger charge is -2.31. The van der Waals surface area contributed by atoms with Crippen LogP contribution in [0.5, 0.6) is 28.7 Å². The number of rotatable bonds is 3. The number of phenols is 1. The summed E-state index contributed by atoms with van der Waals surface area (Å²) in [6.45, 7) is 2.52. The Balaban J connectivity index is 1.84. The molecule has 0 saturated carbocycles. The van der Waals surface area contributed by atoms with Gasteiger partial charge in [-0.15, -0.1) is 0 Å². The lowest BCUT2D eigenvalue weighted by Crippen LogP contribution is -2.14. The number of methoxy groups -OCH3 is 2. The van der Waals surface area contributed by atoms with Crippen LogP contribution in [0.3, 0.4) is 0 Å². The van der Waals surface area contributed by atoms with Crippen LogP contribution >= 0.6 is 0 Å². The molecule has 0 radical (unpaired) electrons. The highest BCUT2D eigenvalue weighted by Crippen LogP contribution is 2.49. The van der Waals surface area contributed by atoms with Crippen LogP contribution in [-0.2, 0) is 0 Å². The molecule has 0 unspecified atom stereocenters. The van der Waals surface area contributed by atoms with E-state index in [-0.39, 0.29) is 18.5 Å². The Bertz CT molecular complexity index is 789. The third-order valence-electron chi connectivity index (χ3n) is 5.28. The van der Waals surface area contributed by atoms with Gasteiger partial charge in [0.2, 0.25) is 12.5 Å². The van der Waals surface area contributed by atoms with Gasteiger partial charge in [-0.25, -0.2) is 0 Å². The van der Waals surface area contributed by atoms with E-state index in [1.54, 1.807) is 14.2 Å². The Morgan fingerprint density at radius 1 is 0.920 bits per heavy atom. The second-order valence-electron chi connectivity index (χ2n) is 6.64. The quantitative estimate of drug-likeness (QED) is 0.907. The number of benzene rings is 2. The van der Waals surface area contributed by atoms with Crippen molar-refractivity contribution in [3.63, 3.8) is 0 Å². The van der Waals surface area contributed by atoms with E-state index in [0.29, 0.717) is 17.4 Å². The van der Waals surface area contributed by atoms with Crippen LogP contribution in [0, 0.1) is 0 Å². The van der Waals surface area contributed by atoms with Gasteiger partial charge in [-0.05, 0) is 59.7 Å². The third-order valence-corrected chi connectivity index (χ3v) is 5.28. The van der Waals surface area contributed by atoms with Crippen LogP contribution in [-0.4, -0.2) is 26.1 Å². The zero-order valence-corrected chi connectivity index (χ0v) is 14.7. The third kappa shape index (κ3) is 2.54. The SMILES string of the molecule is COc1cc([C@H]2CC[C@H](C)c3cc4c(cc32)OCO4)cc(OC)c1O.